The van der Waals surface area contributed by atoms with Gasteiger partial charge in [0.25, 0.3) is 0 Å². The summed E-state index contributed by atoms with van der Waals surface area (Å²) >= 11 is 0. The van der Waals surface area contributed by atoms with Gasteiger partial charge in [0.1, 0.15) is 6.54 Å². The number of amides is 1. The molecule has 2 heterocycles. The van der Waals surface area contributed by atoms with E-state index in [1.54, 1.807) is 4.68 Å². The summed E-state index contributed by atoms with van der Waals surface area (Å²) in [6.07, 6.45) is 12.3. The zero-order chi connectivity index (χ0) is 17.8. The highest BCUT2D eigenvalue weighted by molar-refractivity contribution is 5.82. The van der Waals surface area contributed by atoms with Crippen LogP contribution in [-0.4, -0.2) is 45.8 Å². The minimum absolute atomic E-state index is 0.0755. The lowest BCUT2D eigenvalue weighted by molar-refractivity contribution is -0.123. The molecule has 1 atom stereocenters. The summed E-state index contributed by atoms with van der Waals surface area (Å²) in [6, 6.07) is 9.04. The molecule has 1 aliphatic carbocycles. The van der Waals surface area contributed by atoms with Crippen molar-refractivity contribution in [2.24, 2.45) is 0 Å². The largest absolute Gasteiger partial charge is 0.350 e. The number of rotatable bonds is 4. The second-order valence-corrected chi connectivity index (χ2v) is 7.91. The van der Waals surface area contributed by atoms with Gasteiger partial charge in [-0.25, -0.2) is 0 Å². The van der Waals surface area contributed by atoms with E-state index in [1.807, 2.05) is 30.5 Å². The number of aromatic nitrogens is 2. The minimum Gasteiger partial charge on any atom is -0.350 e. The van der Waals surface area contributed by atoms with Crippen molar-refractivity contribution >= 4 is 16.8 Å². The number of nitrogens with zero attached hydrogens (tertiary/aromatic N) is 3. The van der Waals surface area contributed by atoms with E-state index in [9.17, 15) is 4.79 Å². The van der Waals surface area contributed by atoms with Crippen LogP contribution in [0, 0.1) is 0 Å². The molecule has 1 aliphatic heterocycles. The highest BCUT2D eigenvalue weighted by Gasteiger charge is 2.27. The summed E-state index contributed by atoms with van der Waals surface area (Å²) in [6.45, 7) is 2.50. The summed E-state index contributed by atoms with van der Waals surface area (Å²) in [5.74, 6) is 0.0755. The number of para-hydroxylation sites is 1. The molecule has 1 aromatic carbocycles. The van der Waals surface area contributed by atoms with Crippen molar-refractivity contribution in [1.29, 1.82) is 0 Å². The van der Waals surface area contributed by atoms with Gasteiger partial charge in [-0.15, -0.1) is 0 Å². The van der Waals surface area contributed by atoms with E-state index in [0.717, 1.165) is 29.9 Å². The van der Waals surface area contributed by atoms with Gasteiger partial charge in [-0.1, -0.05) is 43.9 Å². The van der Waals surface area contributed by atoms with Crippen molar-refractivity contribution in [2.45, 2.75) is 70.0 Å². The van der Waals surface area contributed by atoms with E-state index in [-0.39, 0.29) is 11.9 Å². The van der Waals surface area contributed by atoms with Crippen molar-refractivity contribution in [1.82, 2.24) is 20.0 Å². The average Bonchev–Trinajstić information content (AvgIpc) is 2.88. The fraction of sp³-hybridized carbons (Fsp3) is 0.619. The molecule has 1 saturated carbocycles. The van der Waals surface area contributed by atoms with Gasteiger partial charge in [-0.2, -0.15) is 5.10 Å². The molecule has 1 amide bonds. The quantitative estimate of drug-likeness (QED) is 0.857. The molecule has 5 nitrogen and oxygen atoms in total. The third-order valence-corrected chi connectivity index (χ3v) is 6.00. The number of hydrogen-bond acceptors (Lipinski definition) is 3. The van der Waals surface area contributed by atoms with Gasteiger partial charge in [0, 0.05) is 24.0 Å². The van der Waals surface area contributed by atoms with Crippen LogP contribution >= 0.6 is 0 Å². The van der Waals surface area contributed by atoms with Gasteiger partial charge in [-0.05, 0) is 38.3 Å². The van der Waals surface area contributed by atoms with Crippen molar-refractivity contribution in [3.8, 4) is 0 Å². The first kappa shape index (κ1) is 17.5. The predicted molar refractivity (Wildman–Crippen MR) is 104 cm³/mol. The molecule has 5 heteroatoms. The van der Waals surface area contributed by atoms with Gasteiger partial charge in [0.2, 0.25) is 5.91 Å². The first-order valence-corrected chi connectivity index (χ1v) is 10.2. The lowest BCUT2D eigenvalue weighted by Gasteiger charge is -2.38. The van der Waals surface area contributed by atoms with E-state index in [2.05, 4.69) is 15.3 Å². The Morgan fingerprint density at radius 2 is 1.88 bits per heavy atom. The maximum atomic E-state index is 12.6. The summed E-state index contributed by atoms with van der Waals surface area (Å²) in [4.78, 5) is 15.2. The molecule has 1 N–H and O–H groups in total. The molecule has 1 aromatic heterocycles. The molecule has 0 radical (unpaired) electrons. The van der Waals surface area contributed by atoms with Crippen molar-refractivity contribution in [3.63, 3.8) is 0 Å². The molecule has 2 fully saturated rings. The Balaban J connectivity index is 1.33. The van der Waals surface area contributed by atoms with Crippen LogP contribution in [0.15, 0.2) is 30.5 Å². The Kier molecular flexibility index (Phi) is 5.54. The van der Waals surface area contributed by atoms with Gasteiger partial charge < -0.3 is 5.32 Å². The molecule has 0 bridgehead atoms. The van der Waals surface area contributed by atoms with E-state index in [4.69, 9.17) is 0 Å². The number of piperidine rings is 1. The normalized spacial score (nSPS) is 23.0. The van der Waals surface area contributed by atoms with Gasteiger partial charge >= 0.3 is 0 Å². The van der Waals surface area contributed by atoms with E-state index >= 15 is 0 Å². The van der Waals surface area contributed by atoms with Crippen LogP contribution in [0.2, 0.25) is 0 Å². The monoisotopic (exact) mass is 354 g/mol. The minimum atomic E-state index is 0.0755. The molecule has 4 rings (SSSR count). The van der Waals surface area contributed by atoms with Crippen LogP contribution < -0.4 is 5.32 Å². The number of carbonyl (C=O) groups excluding carboxylic acids is 1. The van der Waals surface area contributed by atoms with Crippen molar-refractivity contribution in [2.75, 3.05) is 13.1 Å². The first-order chi connectivity index (χ1) is 12.8. The van der Waals surface area contributed by atoms with E-state index in [1.165, 1.54) is 51.5 Å². The molecule has 0 unspecified atom stereocenters. The molecule has 2 aliphatic rings. The fourth-order valence-electron chi connectivity index (χ4n) is 4.64. The molecule has 26 heavy (non-hydrogen) atoms. The standard InChI is InChI=1S/C21H30N4O/c26-21(16-25-20-12-6-5-8-17(20)14-22-25)23-18-9-7-13-24(15-18)19-10-3-1-2-4-11-19/h5-6,8,12,14,18-19H,1-4,7,9-11,13,15-16H2,(H,23,26)/t18-/m1/s1. The Morgan fingerprint density at radius 1 is 1.08 bits per heavy atom. The average molecular weight is 354 g/mol. The van der Waals surface area contributed by atoms with Gasteiger partial charge in [-0.3, -0.25) is 14.4 Å². The Hall–Kier alpha value is -1.88. The van der Waals surface area contributed by atoms with Gasteiger partial charge in [0.15, 0.2) is 0 Å². The summed E-state index contributed by atoms with van der Waals surface area (Å²) in [7, 11) is 0. The lowest BCUT2D eigenvalue weighted by atomic mass is 10.00. The third kappa shape index (κ3) is 4.09. The Labute approximate surface area is 155 Å². The molecular weight excluding hydrogens is 324 g/mol. The highest BCUT2D eigenvalue weighted by atomic mass is 16.2. The topological polar surface area (TPSA) is 50.2 Å². The number of benzene rings is 1. The van der Waals surface area contributed by atoms with E-state index < -0.39 is 0 Å². The van der Waals surface area contributed by atoms with Crippen molar-refractivity contribution in [3.05, 3.63) is 30.5 Å². The molecular formula is C21H30N4O. The number of carbonyl (C=O) groups is 1. The maximum Gasteiger partial charge on any atom is 0.242 e. The van der Waals surface area contributed by atoms with Crippen LogP contribution in [0.3, 0.4) is 0 Å². The van der Waals surface area contributed by atoms with Crippen molar-refractivity contribution < 1.29 is 4.79 Å². The first-order valence-electron chi connectivity index (χ1n) is 10.2. The second-order valence-electron chi connectivity index (χ2n) is 7.91. The molecule has 140 valence electrons. The van der Waals surface area contributed by atoms with E-state index in [0.29, 0.717) is 6.54 Å². The van der Waals surface area contributed by atoms with Gasteiger partial charge in [0.05, 0.1) is 11.7 Å². The Bertz CT molecular complexity index is 732. The SMILES string of the molecule is O=C(Cn1ncc2ccccc21)N[C@@H]1CCCN(C2CCCCCC2)C1. The summed E-state index contributed by atoms with van der Waals surface area (Å²) in [5.41, 5.74) is 1.02. The Morgan fingerprint density at radius 3 is 2.73 bits per heavy atom. The zero-order valence-corrected chi connectivity index (χ0v) is 15.6. The van der Waals surface area contributed by atoms with Crippen LogP contribution in [-0.2, 0) is 11.3 Å². The fourth-order valence-corrected chi connectivity index (χ4v) is 4.64. The predicted octanol–water partition coefficient (Wildman–Crippen LogP) is 3.34. The van der Waals surface area contributed by atoms with Crippen LogP contribution in [0.1, 0.15) is 51.4 Å². The zero-order valence-electron chi connectivity index (χ0n) is 15.6. The molecule has 2 aromatic rings. The maximum absolute atomic E-state index is 12.6. The number of fused-ring (bicyclic) bond motifs is 1. The molecule has 0 spiro atoms. The summed E-state index contributed by atoms with van der Waals surface area (Å²) in [5, 5.41) is 8.72. The number of nitrogens with one attached hydrogen (secondary N) is 1. The third-order valence-electron chi connectivity index (χ3n) is 6.00. The molecule has 1 saturated heterocycles. The van der Waals surface area contributed by atoms with Crippen LogP contribution in [0.25, 0.3) is 10.9 Å². The second kappa shape index (κ2) is 8.21. The number of hydrogen-bond donors (Lipinski definition) is 1. The number of likely N-dealkylation sites (tertiary alicyclic amines) is 1. The summed E-state index contributed by atoms with van der Waals surface area (Å²) < 4.78 is 1.80. The highest BCUT2D eigenvalue weighted by Crippen LogP contribution is 2.24. The van der Waals surface area contributed by atoms with Crippen LogP contribution in [0.5, 0.6) is 0 Å². The lowest BCUT2D eigenvalue weighted by Crippen LogP contribution is -2.51. The smallest absolute Gasteiger partial charge is 0.242 e. The van der Waals surface area contributed by atoms with Crippen LogP contribution in [0.4, 0.5) is 0 Å².